The molecule has 2 aromatic carbocycles. The van der Waals surface area contributed by atoms with Gasteiger partial charge in [-0.05, 0) is 67.3 Å². The molecule has 12 heteroatoms. The minimum Gasteiger partial charge on any atom is -0.457 e. The smallest absolute Gasteiger partial charge is 0.407 e. The summed E-state index contributed by atoms with van der Waals surface area (Å²) in [5.41, 5.74) is 5.87. The van der Waals surface area contributed by atoms with Crippen LogP contribution in [0.1, 0.15) is 107 Å². The fourth-order valence-electron chi connectivity index (χ4n) is 7.88. The SMILES string of the molecule is CC[C@H](C)CC(=O)N1CCC[C@H]1c1cnc(-c2ccc3c(c2)Oc2ccc(-c4ncc([C@@H]5CCCN5C(=O)[C@@H](NC(=O)OC)[C@@H](C)CC)[nH]4)cc2C3)[nH]1. The summed E-state index contributed by atoms with van der Waals surface area (Å²) in [6, 6.07) is 11.5. The number of carbonyl (C=O) groups is 3. The molecule has 3 N–H and O–H groups in total. The first-order chi connectivity index (χ1) is 25.7. The van der Waals surface area contributed by atoms with Gasteiger partial charge < -0.3 is 34.6 Å². The number of methoxy groups -OCH3 is 1. The number of imidazole rings is 2. The van der Waals surface area contributed by atoms with Crippen LogP contribution in [0.2, 0.25) is 0 Å². The molecule has 3 amide bonds. The molecule has 2 aromatic heterocycles. The van der Waals surface area contributed by atoms with Crippen molar-refractivity contribution < 1.29 is 23.9 Å². The van der Waals surface area contributed by atoms with E-state index in [1.165, 1.54) is 7.11 Å². The van der Waals surface area contributed by atoms with E-state index in [4.69, 9.17) is 19.4 Å². The van der Waals surface area contributed by atoms with Crippen LogP contribution >= 0.6 is 0 Å². The average molecular weight is 722 g/mol. The predicted octanol–water partition coefficient (Wildman–Crippen LogP) is 7.70. The Kier molecular flexibility index (Phi) is 10.6. The lowest BCUT2D eigenvalue weighted by Crippen LogP contribution is -2.51. The Balaban J connectivity index is 1.04. The lowest BCUT2D eigenvalue weighted by molar-refractivity contribution is -0.135. The number of rotatable bonds is 11. The minimum absolute atomic E-state index is 0.0323. The lowest BCUT2D eigenvalue weighted by Gasteiger charge is -2.31. The van der Waals surface area contributed by atoms with E-state index in [0.717, 1.165) is 102 Å². The first-order valence-electron chi connectivity index (χ1n) is 19.2. The van der Waals surface area contributed by atoms with Gasteiger partial charge in [0, 0.05) is 42.6 Å². The summed E-state index contributed by atoms with van der Waals surface area (Å²) in [6.45, 7) is 9.65. The number of nitrogens with one attached hydrogen (secondary N) is 3. The van der Waals surface area contributed by atoms with E-state index in [1.54, 1.807) is 0 Å². The zero-order valence-corrected chi connectivity index (χ0v) is 31.4. The summed E-state index contributed by atoms with van der Waals surface area (Å²) < 4.78 is 11.2. The number of likely N-dealkylation sites (tertiary alicyclic amines) is 2. The maximum atomic E-state index is 13.7. The van der Waals surface area contributed by atoms with Crippen LogP contribution in [0.25, 0.3) is 22.8 Å². The summed E-state index contributed by atoms with van der Waals surface area (Å²) in [5.74, 6) is 3.55. The van der Waals surface area contributed by atoms with E-state index in [2.05, 4.69) is 47.3 Å². The molecular weight excluding hydrogens is 670 g/mol. The van der Waals surface area contributed by atoms with E-state index < -0.39 is 12.1 Å². The summed E-state index contributed by atoms with van der Waals surface area (Å²) in [6.07, 6.45) is 9.74. The molecule has 12 nitrogen and oxygen atoms in total. The van der Waals surface area contributed by atoms with Crippen molar-refractivity contribution >= 4 is 17.9 Å². The molecule has 2 fully saturated rings. The molecule has 0 saturated carbocycles. The molecule has 0 spiro atoms. The number of amides is 3. The third-order valence-electron chi connectivity index (χ3n) is 11.5. The molecule has 53 heavy (non-hydrogen) atoms. The van der Waals surface area contributed by atoms with Gasteiger partial charge >= 0.3 is 6.09 Å². The number of ether oxygens (including phenoxy) is 2. The Bertz CT molecular complexity index is 1970. The average Bonchev–Trinajstić information content (AvgIpc) is 4.01. The monoisotopic (exact) mass is 721 g/mol. The number of aromatic nitrogens is 4. The van der Waals surface area contributed by atoms with Gasteiger partial charge in [0.25, 0.3) is 0 Å². The molecule has 5 atom stereocenters. The number of benzene rings is 2. The van der Waals surface area contributed by atoms with Gasteiger partial charge in [0.15, 0.2) is 0 Å². The molecule has 0 aliphatic carbocycles. The quantitative estimate of drug-likeness (QED) is 0.127. The van der Waals surface area contributed by atoms with Gasteiger partial charge in [0.1, 0.15) is 29.2 Å². The molecule has 2 saturated heterocycles. The van der Waals surface area contributed by atoms with Crippen molar-refractivity contribution in [3.63, 3.8) is 0 Å². The number of fused-ring (bicyclic) bond motifs is 2. The highest BCUT2D eigenvalue weighted by Crippen LogP contribution is 2.41. The summed E-state index contributed by atoms with van der Waals surface area (Å²) in [7, 11) is 1.31. The number of alkyl carbamates (subject to hydrolysis) is 1. The van der Waals surface area contributed by atoms with Crippen LogP contribution in [-0.4, -0.2) is 73.9 Å². The second-order valence-corrected chi connectivity index (χ2v) is 14.9. The Hall–Kier alpha value is -5.13. The van der Waals surface area contributed by atoms with E-state index >= 15 is 0 Å². The van der Waals surface area contributed by atoms with Crippen LogP contribution in [0.4, 0.5) is 4.79 Å². The second kappa shape index (κ2) is 15.5. The number of H-pyrrole nitrogens is 2. The highest BCUT2D eigenvalue weighted by Gasteiger charge is 2.38. The molecule has 280 valence electrons. The van der Waals surface area contributed by atoms with Crippen molar-refractivity contribution in [2.24, 2.45) is 11.8 Å². The highest BCUT2D eigenvalue weighted by molar-refractivity contribution is 5.86. The van der Waals surface area contributed by atoms with Crippen LogP contribution in [0, 0.1) is 11.8 Å². The summed E-state index contributed by atoms with van der Waals surface area (Å²) in [5, 5.41) is 2.76. The maximum Gasteiger partial charge on any atom is 0.407 e. The molecule has 0 bridgehead atoms. The maximum absolute atomic E-state index is 13.7. The molecule has 5 heterocycles. The fourth-order valence-corrected chi connectivity index (χ4v) is 7.88. The lowest BCUT2D eigenvalue weighted by atomic mass is 9.97. The number of hydrogen-bond donors (Lipinski definition) is 3. The first-order valence-corrected chi connectivity index (χ1v) is 19.2. The molecular formula is C41H51N7O5. The number of nitrogens with zero attached hydrogens (tertiary/aromatic N) is 4. The van der Waals surface area contributed by atoms with Crippen molar-refractivity contribution in [1.29, 1.82) is 0 Å². The first kappa shape index (κ1) is 36.2. The van der Waals surface area contributed by atoms with E-state index in [-0.39, 0.29) is 29.8 Å². The van der Waals surface area contributed by atoms with E-state index in [0.29, 0.717) is 25.3 Å². The fraction of sp³-hybridized carbons (Fsp3) is 0.488. The Morgan fingerprint density at radius 1 is 0.868 bits per heavy atom. The van der Waals surface area contributed by atoms with Crippen LogP contribution < -0.4 is 10.1 Å². The largest absolute Gasteiger partial charge is 0.457 e. The Labute approximate surface area is 311 Å². The molecule has 7 rings (SSSR count). The van der Waals surface area contributed by atoms with Crippen LogP contribution in [-0.2, 0) is 20.7 Å². The molecule has 0 radical (unpaired) electrons. The van der Waals surface area contributed by atoms with Gasteiger partial charge in [-0.1, -0.05) is 52.7 Å². The van der Waals surface area contributed by atoms with Gasteiger partial charge in [-0.2, -0.15) is 0 Å². The van der Waals surface area contributed by atoms with E-state index in [9.17, 15) is 14.4 Å². The van der Waals surface area contributed by atoms with Crippen LogP contribution in [0.5, 0.6) is 11.5 Å². The zero-order valence-electron chi connectivity index (χ0n) is 31.4. The normalized spacial score (nSPS) is 19.6. The number of hydrogen-bond acceptors (Lipinski definition) is 7. The van der Waals surface area contributed by atoms with Gasteiger partial charge in [-0.3, -0.25) is 9.59 Å². The highest BCUT2D eigenvalue weighted by atomic mass is 16.5. The minimum atomic E-state index is -0.661. The Morgan fingerprint density at radius 3 is 2.17 bits per heavy atom. The summed E-state index contributed by atoms with van der Waals surface area (Å²) >= 11 is 0. The summed E-state index contributed by atoms with van der Waals surface area (Å²) in [4.78, 5) is 59.2. The van der Waals surface area contributed by atoms with Crippen molar-refractivity contribution in [3.8, 4) is 34.3 Å². The van der Waals surface area contributed by atoms with Crippen LogP contribution in [0.15, 0.2) is 48.8 Å². The van der Waals surface area contributed by atoms with Crippen LogP contribution in [0.3, 0.4) is 0 Å². The number of aromatic amines is 2. The molecule has 0 unspecified atom stereocenters. The Morgan fingerprint density at radius 2 is 1.51 bits per heavy atom. The molecule has 3 aliphatic heterocycles. The van der Waals surface area contributed by atoms with Crippen molar-refractivity contribution in [2.75, 3.05) is 20.2 Å². The van der Waals surface area contributed by atoms with Gasteiger partial charge in [-0.15, -0.1) is 0 Å². The van der Waals surface area contributed by atoms with Crippen molar-refractivity contribution in [1.82, 2.24) is 35.1 Å². The van der Waals surface area contributed by atoms with Crippen molar-refractivity contribution in [3.05, 3.63) is 71.3 Å². The zero-order chi connectivity index (χ0) is 37.2. The molecule has 3 aliphatic rings. The second-order valence-electron chi connectivity index (χ2n) is 14.9. The van der Waals surface area contributed by atoms with Crippen molar-refractivity contribution in [2.45, 2.75) is 97.2 Å². The third kappa shape index (κ3) is 7.41. The predicted molar refractivity (Wildman–Crippen MR) is 201 cm³/mol. The number of carbonyl (C=O) groups excluding carboxylic acids is 3. The van der Waals surface area contributed by atoms with Gasteiger partial charge in [-0.25, -0.2) is 14.8 Å². The van der Waals surface area contributed by atoms with E-state index in [1.807, 2.05) is 54.2 Å². The third-order valence-corrected chi connectivity index (χ3v) is 11.5. The van der Waals surface area contributed by atoms with Gasteiger partial charge in [0.05, 0.1) is 43.0 Å². The van der Waals surface area contributed by atoms with Gasteiger partial charge in [0.2, 0.25) is 11.8 Å². The molecule has 4 aromatic rings. The standard InChI is InChI=1S/C41H51N7O5/c1-6-24(3)18-36(49)47-16-8-10-32(47)30-22-43-39(44-30)28-13-12-26-19-29-20-27(14-15-34(29)53-35(26)21-28)38-42-23-31(45-38)33-11-9-17-48(33)40(50)37(25(4)7-2)46-41(51)52-5/h12-15,20-25,32-33,37H,6-11,16-19H2,1-5H3,(H,42,45)(H,43,44)(H,46,51)/t24-,25-,32-,33-,37-/m0/s1. The topological polar surface area (TPSA) is 146 Å².